The molecule has 4 aliphatic carbocycles. The van der Waals surface area contributed by atoms with Crippen molar-refractivity contribution in [1.29, 1.82) is 0 Å². The maximum Gasteiger partial charge on any atom is 0.0594 e. The highest BCUT2D eigenvalue weighted by atomic mass is 16.5. The summed E-state index contributed by atoms with van der Waals surface area (Å²) >= 11 is 0. The molecule has 1 heterocycles. The maximum atomic E-state index is 11.4. The predicted octanol–water partition coefficient (Wildman–Crippen LogP) is 4.73. The fraction of sp³-hybridized carbons (Fsp3) is 1.00. The molecule has 1 saturated heterocycles. The quantitative estimate of drug-likeness (QED) is 0.640. The number of hydrogen-bond acceptors (Lipinski definition) is 4. The fourth-order valence-electron chi connectivity index (χ4n) is 9.84. The van der Waals surface area contributed by atoms with Crippen LogP contribution in [-0.2, 0) is 4.74 Å². The summed E-state index contributed by atoms with van der Waals surface area (Å²) in [5.74, 6) is 3.99. The summed E-state index contributed by atoms with van der Waals surface area (Å²) in [5, 5.41) is 21.7. The van der Waals surface area contributed by atoms with E-state index in [1.165, 1.54) is 45.1 Å². The van der Waals surface area contributed by atoms with Gasteiger partial charge in [0.1, 0.15) is 0 Å². The molecule has 184 valence electrons. The van der Waals surface area contributed by atoms with Gasteiger partial charge in [-0.1, -0.05) is 20.8 Å². The first kappa shape index (κ1) is 23.6. The van der Waals surface area contributed by atoms with Crippen LogP contribution in [-0.4, -0.2) is 60.2 Å². The highest BCUT2D eigenvalue weighted by Crippen LogP contribution is 2.68. The smallest absolute Gasteiger partial charge is 0.0594 e. The van der Waals surface area contributed by atoms with E-state index in [-0.39, 0.29) is 12.2 Å². The maximum absolute atomic E-state index is 11.4. The van der Waals surface area contributed by atoms with Gasteiger partial charge in [-0.25, -0.2) is 0 Å². The Morgan fingerprint density at radius 2 is 1.66 bits per heavy atom. The lowest BCUT2D eigenvalue weighted by Gasteiger charge is -2.62. The summed E-state index contributed by atoms with van der Waals surface area (Å²) in [7, 11) is 0. The zero-order chi connectivity index (χ0) is 22.5. The molecule has 0 spiro atoms. The van der Waals surface area contributed by atoms with Crippen LogP contribution in [0.3, 0.4) is 0 Å². The molecule has 0 amide bonds. The van der Waals surface area contributed by atoms with Gasteiger partial charge in [0.2, 0.25) is 0 Å². The zero-order valence-electron chi connectivity index (χ0n) is 21.0. The third-order valence-electron chi connectivity index (χ3n) is 11.7. The summed E-state index contributed by atoms with van der Waals surface area (Å²) in [4.78, 5) is 2.58. The minimum atomic E-state index is -0.150. The molecule has 0 aromatic rings. The van der Waals surface area contributed by atoms with Gasteiger partial charge in [0.25, 0.3) is 0 Å². The Kier molecular flexibility index (Phi) is 6.73. The first-order valence-corrected chi connectivity index (χ1v) is 14.0. The number of rotatable bonds is 5. The molecule has 0 aromatic carbocycles. The number of morpholine rings is 1. The van der Waals surface area contributed by atoms with Crippen LogP contribution < -0.4 is 0 Å². The molecule has 10 atom stereocenters. The van der Waals surface area contributed by atoms with Gasteiger partial charge in [0.05, 0.1) is 25.4 Å². The van der Waals surface area contributed by atoms with E-state index in [9.17, 15) is 10.2 Å². The molecule has 32 heavy (non-hydrogen) atoms. The number of aliphatic hydroxyl groups is 2. The number of fused-ring (bicyclic) bond motifs is 5. The minimum absolute atomic E-state index is 0.139. The van der Waals surface area contributed by atoms with Crippen LogP contribution in [0.1, 0.15) is 85.0 Å². The molecule has 5 fully saturated rings. The van der Waals surface area contributed by atoms with Crippen LogP contribution in [0.15, 0.2) is 0 Å². The highest BCUT2D eigenvalue weighted by Gasteiger charge is 2.62. The average molecular weight is 448 g/mol. The zero-order valence-corrected chi connectivity index (χ0v) is 21.0. The van der Waals surface area contributed by atoms with Crippen molar-refractivity contribution in [2.24, 2.45) is 46.3 Å². The Bertz CT molecular complexity index is 651. The van der Waals surface area contributed by atoms with Crippen LogP contribution in [0.5, 0.6) is 0 Å². The van der Waals surface area contributed by atoms with E-state index >= 15 is 0 Å². The standard InChI is InChI=1S/C28H49NO3/c1-19(5-4-12-29-13-15-32-16-14-29)22-6-7-23-26-24(9-11-28(22,23)3)27(2)10-8-21(30)17-20(27)18-25(26)31/h19-26,30-31H,4-18H2,1-3H3/t19-,20+,21-,22-,23+,24+,25-,26+,27+,28-/m1/s1. The van der Waals surface area contributed by atoms with E-state index in [0.717, 1.165) is 63.8 Å². The summed E-state index contributed by atoms with van der Waals surface area (Å²) in [6.07, 6.45) is 11.7. The average Bonchev–Trinajstić information content (AvgIpc) is 3.13. The second kappa shape index (κ2) is 9.13. The summed E-state index contributed by atoms with van der Waals surface area (Å²) < 4.78 is 5.50. The Hall–Kier alpha value is -0.160. The first-order valence-electron chi connectivity index (χ1n) is 14.0. The molecule has 0 unspecified atom stereocenters. The van der Waals surface area contributed by atoms with E-state index in [4.69, 9.17) is 4.74 Å². The lowest BCUT2D eigenvalue weighted by Crippen LogP contribution is -2.58. The van der Waals surface area contributed by atoms with Gasteiger partial charge in [-0.05, 0) is 117 Å². The third kappa shape index (κ3) is 3.99. The third-order valence-corrected chi connectivity index (χ3v) is 11.7. The normalized spacial score (nSPS) is 50.3. The molecule has 2 N–H and O–H groups in total. The van der Waals surface area contributed by atoms with Gasteiger partial charge in [-0.3, -0.25) is 4.90 Å². The SMILES string of the molecule is C[C@H](CCCN1CCOCC1)[C@H]1CC[C@H]2[C@@H]3[C@H](O)C[C@@H]4C[C@H](O)CC[C@]4(C)[C@H]3CC[C@]12C. The lowest BCUT2D eigenvalue weighted by atomic mass is 9.43. The van der Waals surface area contributed by atoms with Crippen LogP contribution >= 0.6 is 0 Å². The van der Waals surface area contributed by atoms with Crippen molar-refractivity contribution < 1.29 is 14.9 Å². The summed E-state index contributed by atoms with van der Waals surface area (Å²) in [6, 6.07) is 0. The molecule has 0 bridgehead atoms. The molecule has 0 aromatic heterocycles. The Balaban J connectivity index is 1.25. The van der Waals surface area contributed by atoms with E-state index in [1.807, 2.05) is 0 Å². The van der Waals surface area contributed by atoms with Gasteiger partial charge in [-0.15, -0.1) is 0 Å². The minimum Gasteiger partial charge on any atom is -0.393 e. The second-order valence-corrected chi connectivity index (χ2v) is 13.0. The molecule has 5 rings (SSSR count). The van der Waals surface area contributed by atoms with Crippen LogP contribution in [0.4, 0.5) is 0 Å². The number of hydrogen-bond donors (Lipinski definition) is 2. The Morgan fingerprint density at radius 3 is 2.44 bits per heavy atom. The largest absolute Gasteiger partial charge is 0.393 e. The Morgan fingerprint density at radius 1 is 0.938 bits per heavy atom. The van der Waals surface area contributed by atoms with Crippen LogP contribution in [0, 0.1) is 46.3 Å². The number of nitrogens with zero attached hydrogens (tertiary/aromatic N) is 1. The molecule has 4 heteroatoms. The molecule has 4 saturated carbocycles. The number of aliphatic hydroxyl groups excluding tert-OH is 2. The molecular formula is C28H49NO3. The van der Waals surface area contributed by atoms with Gasteiger partial charge >= 0.3 is 0 Å². The molecular weight excluding hydrogens is 398 g/mol. The second-order valence-electron chi connectivity index (χ2n) is 13.0. The fourth-order valence-corrected chi connectivity index (χ4v) is 9.84. The van der Waals surface area contributed by atoms with E-state index < -0.39 is 0 Å². The van der Waals surface area contributed by atoms with Crippen molar-refractivity contribution in [2.45, 2.75) is 97.2 Å². The van der Waals surface area contributed by atoms with Gasteiger partial charge < -0.3 is 14.9 Å². The van der Waals surface area contributed by atoms with E-state index in [2.05, 4.69) is 25.7 Å². The topological polar surface area (TPSA) is 52.9 Å². The molecule has 1 aliphatic heterocycles. The first-order chi connectivity index (χ1) is 15.3. The molecule has 5 aliphatic rings. The van der Waals surface area contributed by atoms with Crippen molar-refractivity contribution in [3.8, 4) is 0 Å². The summed E-state index contributed by atoms with van der Waals surface area (Å²) in [6.45, 7) is 12.9. The molecule has 4 nitrogen and oxygen atoms in total. The van der Waals surface area contributed by atoms with Crippen molar-refractivity contribution >= 4 is 0 Å². The monoisotopic (exact) mass is 447 g/mol. The van der Waals surface area contributed by atoms with Crippen LogP contribution in [0.25, 0.3) is 0 Å². The lowest BCUT2D eigenvalue weighted by molar-refractivity contribution is -0.174. The predicted molar refractivity (Wildman–Crippen MR) is 128 cm³/mol. The molecule has 0 radical (unpaired) electrons. The van der Waals surface area contributed by atoms with Crippen molar-refractivity contribution in [2.75, 3.05) is 32.8 Å². The number of ether oxygens (including phenoxy) is 1. The highest BCUT2D eigenvalue weighted by molar-refractivity contribution is 5.11. The van der Waals surface area contributed by atoms with E-state index in [1.54, 1.807) is 0 Å². The van der Waals surface area contributed by atoms with Gasteiger partial charge in [-0.2, -0.15) is 0 Å². The van der Waals surface area contributed by atoms with Crippen molar-refractivity contribution in [3.05, 3.63) is 0 Å². The Labute approximate surface area is 196 Å². The van der Waals surface area contributed by atoms with Gasteiger partial charge in [0.15, 0.2) is 0 Å². The van der Waals surface area contributed by atoms with Crippen molar-refractivity contribution in [3.63, 3.8) is 0 Å². The van der Waals surface area contributed by atoms with Crippen molar-refractivity contribution in [1.82, 2.24) is 4.90 Å². The van der Waals surface area contributed by atoms with Gasteiger partial charge in [0, 0.05) is 13.1 Å². The van der Waals surface area contributed by atoms with E-state index in [0.29, 0.717) is 34.5 Å². The summed E-state index contributed by atoms with van der Waals surface area (Å²) in [5.41, 5.74) is 0.754. The van der Waals surface area contributed by atoms with Crippen LogP contribution in [0.2, 0.25) is 0 Å².